The Morgan fingerprint density at radius 1 is 1.48 bits per heavy atom. The Bertz CT molecular complexity index is 523. The van der Waals surface area contributed by atoms with Crippen LogP contribution in [0.3, 0.4) is 0 Å². The zero-order valence-corrected chi connectivity index (χ0v) is 13.1. The molecular formula is C16H24N4O. The SMILES string of the molecule is CCC1CN(c2ccc(C)c(C#N)n2)CCN1CC(C)O. The minimum absolute atomic E-state index is 0.298. The van der Waals surface area contributed by atoms with Crippen molar-refractivity contribution in [3.63, 3.8) is 0 Å². The molecule has 2 unspecified atom stereocenters. The minimum Gasteiger partial charge on any atom is -0.392 e. The maximum absolute atomic E-state index is 9.60. The summed E-state index contributed by atoms with van der Waals surface area (Å²) in [6.45, 7) is 9.32. The smallest absolute Gasteiger partial charge is 0.145 e. The first-order valence-electron chi connectivity index (χ1n) is 7.60. The van der Waals surface area contributed by atoms with Crippen molar-refractivity contribution in [2.24, 2.45) is 0 Å². The second-order valence-corrected chi connectivity index (χ2v) is 5.80. The quantitative estimate of drug-likeness (QED) is 0.910. The highest BCUT2D eigenvalue weighted by molar-refractivity contribution is 5.45. The summed E-state index contributed by atoms with van der Waals surface area (Å²) in [6, 6.07) is 6.53. The van der Waals surface area contributed by atoms with Crippen molar-refractivity contribution >= 4 is 5.82 Å². The van der Waals surface area contributed by atoms with Crippen LogP contribution in [0.4, 0.5) is 5.82 Å². The van der Waals surface area contributed by atoms with Crippen molar-refractivity contribution in [2.45, 2.75) is 39.3 Å². The van der Waals surface area contributed by atoms with Crippen LogP contribution in [0.5, 0.6) is 0 Å². The molecule has 114 valence electrons. The van der Waals surface area contributed by atoms with Gasteiger partial charge in [0.2, 0.25) is 0 Å². The molecule has 1 fully saturated rings. The third-order valence-corrected chi connectivity index (χ3v) is 4.09. The van der Waals surface area contributed by atoms with E-state index in [1.54, 1.807) is 0 Å². The van der Waals surface area contributed by atoms with Gasteiger partial charge in [-0.05, 0) is 31.9 Å². The molecular weight excluding hydrogens is 264 g/mol. The maximum Gasteiger partial charge on any atom is 0.145 e. The molecule has 0 saturated carbocycles. The Morgan fingerprint density at radius 3 is 2.86 bits per heavy atom. The zero-order chi connectivity index (χ0) is 15.4. The Morgan fingerprint density at radius 2 is 2.24 bits per heavy atom. The van der Waals surface area contributed by atoms with Crippen LogP contribution in [0, 0.1) is 18.3 Å². The molecule has 1 saturated heterocycles. The molecule has 2 atom stereocenters. The first kappa shape index (κ1) is 15.7. The fourth-order valence-electron chi connectivity index (χ4n) is 2.88. The summed E-state index contributed by atoms with van der Waals surface area (Å²) in [7, 11) is 0. The van der Waals surface area contributed by atoms with E-state index in [0.717, 1.165) is 44.0 Å². The highest BCUT2D eigenvalue weighted by atomic mass is 16.3. The number of nitriles is 1. The molecule has 0 aromatic carbocycles. The van der Waals surface area contributed by atoms with Gasteiger partial charge in [-0.15, -0.1) is 0 Å². The second-order valence-electron chi connectivity index (χ2n) is 5.80. The summed E-state index contributed by atoms with van der Waals surface area (Å²) < 4.78 is 0. The number of piperazine rings is 1. The van der Waals surface area contributed by atoms with Gasteiger partial charge in [-0.2, -0.15) is 5.26 Å². The Balaban J connectivity index is 2.12. The summed E-state index contributed by atoms with van der Waals surface area (Å²) in [5.41, 5.74) is 1.42. The Labute approximate surface area is 126 Å². The molecule has 0 spiro atoms. The summed E-state index contributed by atoms with van der Waals surface area (Å²) in [5, 5.41) is 18.7. The maximum atomic E-state index is 9.60. The molecule has 1 aromatic heterocycles. The highest BCUT2D eigenvalue weighted by Crippen LogP contribution is 2.20. The Hall–Kier alpha value is -1.64. The number of rotatable bonds is 4. The van der Waals surface area contributed by atoms with E-state index in [0.29, 0.717) is 11.7 Å². The van der Waals surface area contributed by atoms with Gasteiger partial charge in [-0.1, -0.05) is 13.0 Å². The largest absolute Gasteiger partial charge is 0.392 e. The molecule has 0 bridgehead atoms. The number of aryl methyl sites for hydroxylation is 1. The Kier molecular flexibility index (Phi) is 5.16. The summed E-state index contributed by atoms with van der Waals surface area (Å²) in [6.07, 6.45) is 0.744. The monoisotopic (exact) mass is 288 g/mol. The average molecular weight is 288 g/mol. The van der Waals surface area contributed by atoms with Crippen LogP contribution in [-0.2, 0) is 0 Å². The number of pyridine rings is 1. The van der Waals surface area contributed by atoms with Crippen LogP contribution in [0.1, 0.15) is 31.5 Å². The van der Waals surface area contributed by atoms with Gasteiger partial charge >= 0.3 is 0 Å². The van der Waals surface area contributed by atoms with Crippen LogP contribution in [-0.4, -0.2) is 53.3 Å². The summed E-state index contributed by atoms with van der Waals surface area (Å²) >= 11 is 0. The van der Waals surface area contributed by atoms with Gasteiger partial charge in [0.1, 0.15) is 17.6 Å². The lowest BCUT2D eigenvalue weighted by molar-refractivity contribution is 0.0884. The predicted molar refractivity (Wildman–Crippen MR) is 83.2 cm³/mol. The number of hydrogen-bond acceptors (Lipinski definition) is 5. The topological polar surface area (TPSA) is 63.4 Å². The van der Waals surface area contributed by atoms with Crippen molar-refractivity contribution in [1.82, 2.24) is 9.88 Å². The minimum atomic E-state index is -0.298. The van der Waals surface area contributed by atoms with Gasteiger partial charge in [0.15, 0.2) is 0 Å². The molecule has 1 aromatic rings. The molecule has 1 aliphatic rings. The lowest BCUT2D eigenvalue weighted by Gasteiger charge is -2.42. The zero-order valence-electron chi connectivity index (χ0n) is 13.1. The van der Waals surface area contributed by atoms with Crippen molar-refractivity contribution in [1.29, 1.82) is 5.26 Å². The number of nitrogens with zero attached hydrogens (tertiary/aromatic N) is 4. The third kappa shape index (κ3) is 3.72. The number of aliphatic hydroxyl groups excluding tert-OH is 1. The van der Waals surface area contributed by atoms with Crippen LogP contribution >= 0.6 is 0 Å². The van der Waals surface area contributed by atoms with Gasteiger partial charge in [-0.3, -0.25) is 4.90 Å². The molecule has 0 aliphatic carbocycles. The second kappa shape index (κ2) is 6.88. The van der Waals surface area contributed by atoms with E-state index in [9.17, 15) is 5.11 Å². The van der Waals surface area contributed by atoms with Crippen LogP contribution < -0.4 is 4.90 Å². The molecule has 2 heterocycles. The third-order valence-electron chi connectivity index (χ3n) is 4.09. The number of β-amino-alcohol motifs (C(OH)–C–C–N with tert-alkyl or cyclic N) is 1. The van der Waals surface area contributed by atoms with Gasteiger partial charge < -0.3 is 10.0 Å². The summed E-state index contributed by atoms with van der Waals surface area (Å²) in [4.78, 5) is 9.06. The van der Waals surface area contributed by atoms with Crippen molar-refractivity contribution in [3.8, 4) is 6.07 Å². The van der Waals surface area contributed by atoms with Crippen LogP contribution in [0.25, 0.3) is 0 Å². The highest BCUT2D eigenvalue weighted by Gasteiger charge is 2.27. The normalized spacial score (nSPS) is 21.1. The van der Waals surface area contributed by atoms with Crippen LogP contribution in [0.15, 0.2) is 12.1 Å². The van der Waals surface area contributed by atoms with E-state index in [2.05, 4.69) is 27.8 Å². The van der Waals surface area contributed by atoms with Gasteiger partial charge in [0, 0.05) is 32.2 Å². The average Bonchev–Trinajstić information content (AvgIpc) is 2.47. The van der Waals surface area contributed by atoms with E-state index in [-0.39, 0.29) is 6.10 Å². The summed E-state index contributed by atoms with van der Waals surface area (Å²) in [5.74, 6) is 0.882. The predicted octanol–water partition coefficient (Wildman–Crippen LogP) is 1.54. The molecule has 21 heavy (non-hydrogen) atoms. The van der Waals surface area contributed by atoms with E-state index >= 15 is 0 Å². The molecule has 0 radical (unpaired) electrons. The first-order chi connectivity index (χ1) is 10.0. The number of aliphatic hydroxyl groups is 1. The molecule has 2 rings (SSSR count). The van der Waals surface area contributed by atoms with Crippen LogP contribution in [0.2, 0.25) is 0 Å². The van der Waals surface area contributed by atoms with Crippen molar-refractivity contribution < 1.29 is 5.11 Å². The lowest BCUT2D eigenvalue weighted by Crippen LogP contribution is -2.54. The molecule has 1 N–H and O–H groups in total. The van der Waals surface area contributed by atoms with Gasteiger partial charge in [0.05, 0.1) is 6.10 Å². The molecule has 5 nitrogen and oxygen atoms in total. The molecule has 5 heteroatoms. The van der Waals surface area contributed by atoms with Gasteiger partial charge in [-0.25, -0.2) is 4.98 Å². The lowest BCUT2D eigenvalue weighted by atomic mass is 10.1. The fraction of sp³-hybridized carbons (Fsp3) is 0.625. The number of hydrogen-bond donors (Lipinski definition) is 1. The van der Waals surface area contributed by atoms with Gasteiger partial charge in [0.25, 0.3) is 0 Å². The fourth-order valence-corrected chi connectivity index (χ4v) is 2.88. The van der Waals surface area contributed by atoms with E-state index in [4.69, 9.17) is 5.26 Å². The molecule has 0 amide bonds. The van der Waals surface area contributed by atoms with E-state index in [1.165, 1.54) is 0 Å². The molecule has 1 aliphatic heterocycles. The first-order valence-corrected chi connectivity index (χ1v) is 7.60. The number of aromatic nitrogens is 1. The standard InChI is InChI=1S/C16H24N4O/c1-4-14-11-20(8-7-19(14)10-13(3)21)16-6-5-12(2)15(9-17)18-16/h5-6,13-14,21H,4,7-8,10-11H2,1-3H3. The number of anilines is 1. The van der Waals surface area contributed by atoms with Crippen molar-refractivity contribution in [3.05, 3.63) is 23.4 Å². The van der Waals surface area contributed by atoms with Crippen molar-refractivity contribution in [2.75, 3.05) is 31.1 Å². The van der Waals surface area contributed by atoms with E-state index < -0.39 is 0 Å². The van der Waals surface area contributed by atoms with E-state index in [1.807, 2.05) is 26.0 Å².